The van der Waals surface area contributed by atoms with Gasteiger partial charge in [-0.3, -0.25) is 19.2 Å². The van der Waals surface area contributed by atoms with Gasteiger partial charge < -0.3 is 54.4 Å². The summed E-state index contributed by atoms with van der Waals surface area (Å²) in [7, 11) is -6.19. The average Bonchev–Trinajstić information content (AvgIpc) is 0.790. The van der Waals surface area contributed by atoms with Crippen molar-refractivity contribution in [3.63, 3.8) is 0 Å². The van der Waals surface area contributed by atoms with Crippen LogP contribution in [0.25, 0.3) is 45.0 Å². The molecule has 676 valence electrons. The van der Waals surface area contributed by atoms with Crippen molar-refractivity contribution in [2.24, 2.45) is 0 Å². The average molecular weight is 1810 g/mol. The van der Waals surface area contributed by atoms with Gasteiger partial charge in [-0.15, -0.1) is 0 Å². The lowest BCUT2D eigenvalue weighted by atomic mass is 9.85. The number of benzene rings is 8. The molecule has 0 radical (unpaired) electrons. The monoisotopic (exact) mass is 1800 g/mol. The third-order valence-corrected chi connectivity index (χ3v) is 27.3. The van der Waals surface area contributed by atoms with Crippen molar-refractivity contribution in [2.45, 2.75) is 175 Å². The lowest BCUT2D eigenvalue weighted by Gasteiger charge is -2.27. The van der Waals surface area contributed by atoms with Gasteiger partial charge in [-0.25, -0.2) is 74.3 Å². The Bertz CT molecular complexity index is 6050. The molecule has 26 nitrogen and oxygen atoms in total. The fourth-order valence-electron chi connectivity index (χ4n) is 16.5. The molecule has 8 aromatic carbocycles. The summed E-state index contributed by atoms with van der Waals surface area (Å²) in [6.45, 7) is 1.22. The summed E-state index contributed by atoms with van der Waals surface area (Å²) in [5, 5.41) is 29.6. The molecule has 14 N–H and O–H groups in total. The van der Waals surface area contributed by atoms with Gasteiger partial charge in [0.1, 0.15) is 89.0 Å². The molecule has 0 unspecified atom stereocenters. The number of halogens is 4. The fourth-order valence-corrected chi connectivity index (χ4v) is 18.8. The van der Waals surface area contributed by atoms with Crippen molar-refractivity contribution in [2.75, 3.05) is 35.4 Å². The lowest BCUT2D eigenvalue weighted by molar-refractivity contribution is 0.0938. The number of nitrogens with zero attached hydrogens (tertiary/aromatic N) is 8. The van der Waals surface area contributed by atoms with Crippen LogP contribution in [-0.2, 0) is 45.9 Å². The first-order valence-corrected chi connectivity index (χ1v) is 47.1. The van der Waals surface area contributed by atoms with E-state index in [-0.39, 0.29) is 93.2 Å². The Kier molecular flexibility index (Phi) is 31.7. The van der Waals surface area contributed by atoms with Crippen molar-refractivity contribution in [1.82, 2.24) is 61.1 Å². The number of hydrogen-bond acceptors (Lipinski definition) is 22. The molecule has 4 heterocycles. The number of hydrogen-bond donors (Lipinski definition) is 10. The van der Waals surface area contributed by atoms with Crippen LogP contribution in [0.2, 0.25) is 0 Å². The predicted octanol–water partition coefficient (Wildman–Crippen LogP) is 15.4. The number of aromatic nitrogens is 8. The zero-order valence-electron chi connectivity index (χ0n) is 71.9. The van der Waals surface area contributed by atoms with E-state index in [9.17, 15) is 63.8 Å². The first kappa shape index (κ1) is 94.3. The Morgan fingerprint density at radius 1 is 0.331 bits per heavy atom. The minimum Gasteiger partial charge on any atom is -0.393 e. The number of sulfone groups is 2. The summed E-state index contributed by atoms with van der Waals surface area (Å²) in [4.78, 5) is 85.3. The molecular formula is C98H104F4N16O10S2. The van der Waals surface area contributed by atoms with Crippen molar-refractivity contribution in [3.05, 3.63) is 309 Å². The second-order valence-electron chi connectivity index (χ2n) is 33.2. The Balaban J connectivity index is 0.000000148. The summed E-state index contributed by atoms with van der Waals surface area (Å²) < 4.78 is 107. The van der Waals surface area contributed by atoms with Crippen LogP contribution in [0.15, 0.2) is 219 Å². The topological polar surface area (TPSA) is 432 Å². The van der Waals surface area contributed by atoms with Crippen LogP contribution in [-0.4, -0.2) is 126 Å². The number of aliphatic hydroxyl groups is 2. The first-order valence-electron chi connectivity index (χ1n) is 43.2. The van der Waals surface area contributed by atoms with Crippen molar-refractivity contribution < 1.29 is 63.8 Å². The van der Waals surface area contributed by atoms with E-state index in [0.29, 0.717) is 115 Å². The van der Waals surface area contributed by atoms with Crippen LogP contribution < -0.4 is 44.2 Å². The van der Waals surface area contributed by atoms with E-state index in [4.69, 9.17) is 22.9 Å². The van der Waals surface area contributed by atoms with E-state index in [1.54, 1.807) is 49.1 Å². The molecule has 12 aromatic rings. The van der Waals surface area contributed by atoms with E-state index >= 15 is 0 Å². The number of nitrogens with one attached hydrogen (secondary N) is 4. The molecule has 4 amide bonds. The van der Waals surface area contributed by atoms with Gasteiger partial charge in [0, 0.05) is 84.6 Å². The molecule has 0 bridgehead atoms. The van der Waals surface area contributed by atoms with Gasteiger partial charge in [-0.2, -0.15) is 0 Å². The van der Waals surface area contributed by atoms with Gasteiger partial charge >= 0.3 is 0 Å². The summed E-state index contributed by atoms with van der Waals surface area (Å²) >= 11 is 0. The highest BCUT2D eigenvalue weighted by molar-refractivity contribution is 7.91. The third-order valence-electron chi connectivity index (χ3n) is 24.0. The van der Waals surface area contributed by atoms with Crippen molar-refractivity contribution in [3.8, 4) is 45.0 Å². The van der Waals surface area contributed by atoms with Crippen molar-refractivity contribution in [1.29, 1.82) is 0 Å². The second kappa shape index (κ2) is 43.7. The molecule has 4 aromatic heterocycles. The maximum atomic E-state index is 14.9. The number of rotatable bonds is 22. The van der Waals surface area contributed by atoms with Crippen LogP contribution in [0.3, 0.4) is 0 Å². The van der Waals surface area contributed by atoms with Gasteiger partial charge in [0.2, 0.25) is 0 Å². The molecule has 0 aliphatic heterocycles. The summed E-state index contributed by atoms with van der Waals surface area (Å²) in [6.07, 6.45) is 20.0. The highest BCUT2D eigenvalue weighted by Crippen LogP contribution is 2.41. The van der Waals surface area contributed by atoms with Gasteiger partial charge in [0.15, 0.2) is 0 Å². The van der Waals surface area contributed by atoms with Gasteiger partial charge in [0.25, 0.3) is 23.6 Å². The van der Waals surface area contributed by atoms with E-state index in [2.05, 4.69) is 61.1 Å². The Labute approximate surface area is 752 Å². The number of amides is 4. The molecular weight excluding hydrogens is 1700 g/mol. The molecule has 4 aliphatic rings. The smallest absolute Gasteiger partial charge is 0.254 e. The molecule has 4 fully saturated rings. The molecule has 32 heteroatoms. The quantitative estimate of drug-likeness (QED) is 0.0282. The van der Waals surface area contributed by atoms with Crippen LogP contribution in [0.4, 0.5) is 40.8 Å². The van der Waals surface area contributed by atoms with Gasteiger partial charge in [0.05, 0.1) is 92.5 Å². The summed E-state index contributed by atoms with van der Waals surface area (Å²) in [5.41, 5.74) is 33.7. The van der Waals surface area contributed by atoms with Gasteiger partial charge in [-0.05, 0) is 167 Å². The minimum atomic E-state index is -3.14. The minimum absolute atomic E-state index is 0.0383. The van der Waals surface area contributed by atoms with Crippen LogP contribution in [0.5, 0.6) is 0 Å². The Morgan fingerprint density at radius 2 is 0.577 bits per heavy atom. The van der Waals surface area contributed by atoms with E-state index in [1.807, 2.05) is 121 Å². The number of aliphatic hydroxyl groups excluding tert-OH is 2. The van der Waals surface area contributed by atoms with E-state index < -0.39 is 71.8 Å². The molecule has 130 heavy (non-hydrogen) atoms. The molecule has 2 atom stereocenters. The van der Waals surface area contributed by atoms with Gasteiger partial charge in [-0.1, -0.05) is 152 Å². The largest absolute Gasteiger partial charge is 0.393 e. The molecule has 4 saturated carbocycles. The molecule has 4 aliphatic carbocycles. The number of nitrogen functional groups attached to an aromatic ring is 4. The normalized spacial score (nSPS) is 18.5. The lowest BCUT2D eigenvalue weighted by Crippen LogP contribution is -2.27. The fraction of sp³-hybridized carbons (Fsp3) is 0.306. The number of anilines is 4. The first-order chi connectivity index (χ1) is 62.5. The maximum absolute atomic E-state index is 14.9. The zero-order valence-corrected chi connectivity index (χ0v) is 73.6. The molecule has 16 rings (SSSR count). The summed E-state index contributed by atoms with van der Waals surface area (Å²) in [6, 6.07) is 54.8. The van der Waals surface area contributed by atoms with Crippen LogP contribution in [0, 0.1) is 23.3 Å². The Morgan fingerprint density at radius 3 is 0.823 bits per heavy atom. The second-order valence-corrected chi connectivity index (χ2v) is 37.8. The number of carbonyl (C=O) groups excluding carboxylic acids is 4. The zero-order chi connectivity index (χ0) is 92.2. The van der Waals surface area contributed by atoms with E-state index in [1.165, 1.54) is 61.0 Å². The van der Waals surface area contributed by atoms with Crippen LogP contribution >= 0.6 is 0 Å². The predicted molar refractivity (Wildman–Crippen MR) is 492 cm³/mol. The third kappa shape index (κ3) is 25.2. The highest BCUT2D eigenvalue weighted by Gasteiger charge is 2.34. The molecule has 0 spiro atoms. The Hall–Kier alpha value is -13.3. The van der Waals surface area contributed by atoms with Crippen molar-refractivity contribution >= 4 is 66.6 Å². The van der Waals surface area contributed by atoms with E-state index in [0.717, 1.165) is 97.8 Å². The summed E-state index contributed by atoms with van der Waals surface area (Å²) in [5.74, 6) is -3.54. The molecule has 0 saturated heterocycles. The standard InChI is InChI=1S/2C25H27FN4O3S.2C24H25FN4O2/c1-34(32,33)19-9-5-8-17(12-19)22-15-28-24(27)23(30-22)18-10-11-20(21(26)13-18)25(31)29-14-16-6-3-2-4-7-16;1-34(32,33)19-10-7-17(8-11-19)22-15-28-24(27)23(30-22)18-9-12-20(21(26)13-18)25(31)29-14-16-5-3-2-4-6-16;2*25-20-12-17(8-11-19(20)24(31)28-13-15-4-2-1-3-5-15)22-23(26)27-14-21(29-22)16-6-9-18(30)10-7-16/h2-4,6-7,10-11,13,15,17,19H,5,8-9,12,14H2,1H3,(H2,27,28)(H,29,31);2-6,9,12-13,15,17,19H,7-8,10-11,14H2,1H3,(H2,27,28)(H,29,31);2*1-5,8,11-12,14,16,18,30H,6-7,9-10,13H2,(H2,26,27)(H,28,31)/t17-,19-;;;/m1.../s1. The number of carbonyl (C=O) groups is 4. The maximum Gasteiger partial charge on any atom is 0.254 e. The SMILES string of the molecule is CS(=O)(=O)C1CCC(c2cnc(N)c(-c3ccc(C(=O)NCc4ccccc4)c(F)c3)n2)CC1.CS(=O)(=O)[C@@H]1CCC[C@@H](c2cnc(N)c(-c3ccc(C(=O)NCc4ccccc4)c(F)c3)n2)C1.Nc1ncc(C2CCC(O)CC2)nc1-c1ccc(C(=O)NCc2ccccc2)c(F)c1.Nc1ncc(C2CCC(O)CC2)nc1-c1ccc(C(=O)NCc2ccccc2)c(F)c1. The highest BCUT2D eigenvalue weighted by atomic mass is 32.2. The van der Waals surface area contributed by atoms with Crippen LogP contribution in [0.1, 0.15) is 213 Å². The number of nitrogens with two attached hydrogens (primary N) is 4.